The van der Waals surface area contributed by atoms with Crippen molar-refractivity contribution in [3.63, 3.8) is 0 Å². The van der Waals surface area contributed by atoms with Crippen molar-refractivity contribution in [2.24, 2.45) is 5.92 Å². The molecule has 0 bridgehead atoms. The van der Waals surface area contributed by atoms with Crippen LogP contribution in [0.4, 0.5) is 0 Å². The molecule has 0 radical (unpaired) electrons. The number of benzene rings is 1. The second-order valence-electron chi connectivity index (χ2n) is 7.87. The van der Waals surface area contributed by atoms with Gasteiger partial charge in [-0.1, -0.05) is 11.6 Å². The van der Waals surface area contributed by atoms with Gasteiger partial charge in [0, 0.05) is 65.2 Å². The Hall–Kier alpha value is -1.60. The standard InChI is InChI=1S/C19H24ClN5O/c1-24-6-4-17-14(9-24)18(23-22-17)19(26)25-7-5-16-13(10-25)12-8-11(20)2-3-15(12)21-16/h2-3,8,14,17-18,21-23H,4-7,9-10H2,1H3. The summed E-state index contributed by atoms with van der Waals surface area (Å²) >= 11 is 6.19. The van der Waals surface area contributed by atoms with E-state index >= 15 is 0 Å². The molecule has 2 aromatic rings. The van der Waals surface area contributed by atoms with Crippen molar-refractivity contribution >= 4 is 28.4 Å². The summed E-state index contributed by atoms with van der Waals surface area (Å²) in [5, 5.41) is 1.87. The number of hydrogen-bond donors (Lipinski definition) is 3. The smallest absolute Gasteiger partial charge is 0.241 e. The quantitative estimate of drug-likeness (QED) is 0.709. The minimum atomic E-state index is -0.141. The van der Waals surface area contributed by atoms with Crippen LogP contribution < -0.4 is 10.9 Å². The number of H-pyrrole nitrogens is 1. The molecule has 1 aromatic heterocycles. The molecule has 0 saturated carbocycles. The molecule has 26 heavy (non-hydrogen) atoms. The van der Waals surface area contributed by atoms with E-state index in [4.69, 9.17) is 11.6 Å². The Morgan fingerprint density at radius 2 is 2.15 bits per heavy atom. The fraction of sp³-hybridized carbons (Fsp3) is 0.526. The molecule has 2 fully saturated rings. The molecule has 0 aliphatic carbocycles. The van der Waals surface area contributed by atoms with Gasteiger partial charge in [-0.15, -0.1) is 0 Å². The van der Waals surface area contributed by atoms with E-state index in [-0.39, 0.29) is 11.9 Å². The van der Waals surface area contributed by atoms with E-state index in [1.807, 2.05) is 23.1 Å². The summed E-state index contributed by atoms with van der Waals surface area (Å²) in [6.07, 6.45) is 1.95. The number of carbonyl (C=O) groups is 1. The number of likely N-dealkylation sites (tertiary alicyclic amines) is 1. The second kappa shape index (κ2) is 6.23. The third kappa shape index (κ3) is 2.63. The molecule has 3 unspecified atom stereocenters. The van der Waals surface area contributed by atoms with Gasteiger partial charge in [0.1, 0.15) is 6.04 Å². The third-order valence-corrected chi connectivity index (χ3v) is 6.46. The molecule has 138 valence electrons. The maximum Gasteiger partial charge on any atom is 0.241 e. The molecular weight excluding hydrogens is 350 g/mol. The van der Waals surface area contributed by atoms with Gasteiger partial charge in [0.25, 0.3) is 0 Å². The predicted octanol–water partition coefficient (Wildman–Crippen LogP) is 1.50. The first-order chi connectivity index (χ1) is 12.6. The van der Waals surface area contributed by atoms with Crippen molar-refractivity contribution < 1.29 is 4.79 Å². The minimum Gasteiger partial charge on any atom is -0.358 e. The van der Waals surface area contributed by atoms with Crippen molar-refractivity contribution in [2.75, 3.05) is 26.7 Å². The molecule has 6 nitrogen and oxygen atoms in total. The van der Waals surface area contributed by atoms with E-state index < -0.39 is 0 Å². The Morgan fingerprint density at radius 3 is 3.04 bits per heavy atom. The van der Waals surface area contributed by atoms with Crippen molar-refractivity contribution in [1.29, 1.82) is 0 Å². The number of rotatable bonds is 1. The Morgan fingerprint density at radius 1 is 1.27 bits per heavy atom. The molecule has 1 aromatic carbocycles. The van der Waals surface area contributed by atoms with Crippen LogP contribution in [0.2, 0.25) is 5.02 Å². The SMILES string of the molecule is CN1CCC2NNC(C(=O)N3CCc4[nH]c5ccc(Cl)cc5c4C3)C2C1. The highest BCUT2D eigenvalue weighted by molar-refractivity contribution is 6.31. The van der Waals surface area contributed by atoms with Crippen LogP contribution >= 0.6 is 11.6 Å². The number of nitrogens with zero attached hydrogens (tertiary/aromatic N) is 2. The molecule has 0 spiro atoms. The molecule has 5 rings (SSSR count). The second-order valence-corrected chi connectivity index (χ2v) is 8.31. The lowest BCUT2D eigenvalue weighted by Gasteiger charge is -2.35. The topological polar surface area (TPSA) is 63.4 Å². The zero-order valence-corrected chi connectivity index (χ0v) is 15.6. The zero-order chi connectivity index (χ0) is 17.8. The third-order valence-electron chi connectivity index (χ3n) is 6.23. The number of halogens is 1. The first kappa shape index (κ1) is 16.6. The van der Waals surface area contributed by atoms with Gasteiger partial charge in [-0.3, -0.25) is 10.2 Å². The summed E-state index contributed by atoms with van der Waals surface area (Å²) < 4.78 is 0. The average Bonchev–Trinajstić information content (AvgIpc) is 3.21. The van der Waals surface area contributed by atoms with E-state index in [1.54, 1.807) is 0 Å². The number of carbonyl (C=O) groups excluding carboxylic acids is 1. The summed E-state index contributed by atoms with van der Waals surface area (Å²) in [5.74, 6) is 0.544. The fourth-order valence-electron chi connectivity index (χ4n) is 4.79. The van der Waals surface area contributed by atoms with Crippen LogP contribution in [0.3, 0.4) is 0 Å². The molecule has 3 N–H and O–H groups in total. The monoisotopic (exact) mass is 373 g/mol. The van der Waals surface area contributed by atoms with Crippen molar-refractivity contribution in [3.8, 4) is 0 Å². The summed E-state index contributed by atoms with van der Waals surface area (Å²) in [7, 11) is 2.14. The number of hydrogen-bond acceptors (Lipinski definition) is 4. The minimum absolute atomic E-state index is 0.141. The highest BCUT2D eigenvalue weighted by atomic mass is 35.5. The maximum atomic E-state index is 13.3. The molecule has 4 heterocycles. The lowest BCUT2D eigenvalue weighted by Crippen LogP contribution is -2.51. The number of fused-ring (bicyclic) bond motifs is 4. The van der Waals surface area contributed by atoms with E-state index in [9.17, 15) is 4.79 Å². The maximum absolute atomic E-state index is 13.3. The zero-order valence-electron chi connectivity index (χ0n) is 14.9. The van der Waals surface area contributed by atoms with Crippen LogP contribution in [0.1, 0.15) is 17.7 Å². The normalized spacial score (nSPS) is 29.0. The lowest BCUT2D eigenvalue weighted by molar-refractivity contribution is -0.135. The van der Waals surface area contributed by atoms with Gasteiger partial charge in [0.2, 0.25) is 5.91 Å². The van der Waals surface area contributed by atoms with Gasteiger partial charge in [0.05, 0.1) is 0 Å². The van der Waals surface area contributed by atoms with Crippen LogP contribution in [0.25, 0.3) is 10.9 Å². The van der Waals surface area contributed by atoms with E-state index in [1.165, 1.54) is 11.3 Å². The largest absolute Gasteiger partial charge is 0.358 e. The highest BCUT2D eigenvalue weighted by Gasteiger charge is 2.44. The molecule has 2 saturated heterocycles. The lowest BCUT2D eigenvalue weighted by atomic mass is 9.87. The predicted molar refractivity (Wildman–Crippen MR) is 102 cm³/mol. The Labute approximate surface area is 157 Å². The van der Waals surface area contributed by atoms with Gasteiger partial charge >= 0.3 is 0 Å². The number of aromatic nitrogens is 1. The van der Waals surface area contributed by atoms with Crippen LogP contribution in [0.15, 0.2) is 18.2 Å². The van der Waals surface area contributed by atoms with Crippen LogP contribution in [0.5, 0.6) is 0 Å². The number of piperidine rings is 1. The van der Waals surface area contributed by atoms with Gasteiger partial charge in [-0.2, -0.15) is 0 Å². The van der Waals surface area contributed by atoms with Crippen molar-refractivity contribution in [3.05, 3.63) is 34.5 Å². The summed E-state index contributed by atoms with van der Waals surface area (Å²) in [5.41, 5.74) is 10.2. The molecule has 7 heteroatoms. The molecule has 3 aliphatic rings. The van der Waals surface area contributed by atoms with Gasteiger partial charge in [0.15, 0.2) is 0 Å². The number of amides is 1. The number of nitrogens with one attached hydrogen (secondary N) is 3. The van der Waals surface area contributed by atoms with Gasteiger partial charge < -0.3 is 14.8 Å². The summed E-state index contributed by atoms with van der Waals surface area (Å²) in [4.78, 5) is 21.1. The highest BCUT2D eigenvalue weighted by Crippen LogP contribution is 2.31. The van der Waals surface area contributed by atoms with Gasteiger partial charge in [-0.05, 0) is 38.2 Å². The van der Waals surface area contributed by atoms with E-state index in [0.717, 1.165) is 48.4 Å². The molecular formula is C19H24ClN5O. The molecule has 3 atom stereocenters. The van der Waals surface area contributed by atoms with Gasteiger partial charge in [-0.25, -0.2) is 5.43 Å². The van der Waals surface area contributed by atoms with E-state index in [0.29, 0.717) is 18.5 Å². The Bertz CT molecular complexity index is 865. The van der Waals surface area contributed by atoms with Crippen LogP contribution in [-0.4, -0.2) is 59.5 Å². The Kier molecular flexibility index (Phi) is 3.97. The number of hydrazine groups is 1. The van der Waals surface area contributed by atoms with Crippen molar-refractivity contribution in [1.82, 2.24) is 25.6 Å². The van der Waals surface area contributed by atoms with Crippen LogP contribution in [-0.2, 0) is 17.8 Å². The molecule has 1 amide bonds. The van der Waals surface area contributed by atoms with Crippen molar-refractivity contribution in [2.45, 2.75) is 31.5 Å². The summed E-state index contributed by atoms with van der Waals surface area (Å²) in [6, 6.07) is 6.18. The van der Waals surface area contributed by atoms with E-state index in [2.05, 4.69) is 27.8 Å². The average molecular weight is 374 g/mol. The molecule has 3 aliphatic heterocycles. The summed E-state index contributed by atoms with van der Waals surface area (Å²) in [6.45, 7) is 3.46. The number of aromatic amines is 1. The first-order valence-corrected chi connectivity index (χ1v) is 9.75. The Balaban J connectivity index is 1.39. The first-order valence-electron chi connectivity index (χ1n) is 9.37. The fourth-order valence-corrected chi connectivity index (χ4v) is 4.96. The van der Waals surface area contributed by atoms with Crippen LogP contribution in [0, 0.1) is 5.92 Å².